The van der Waals surface area contributed by atoms with Gasteiger partial charge in [0, 0.05) is 0 Å². The van der Waals surface area contributed by atoms with E-state index in [2.05, 4.69) is 0 Å². The Balaban J connectivity index is 2.13. The van der Waals surface area contributed by atoms with Gasteiger partial charge in [-0.25, -0.2) is 8.42 Å². The number of carbonyl (C=O) groups is 2. The molecule has 0 saturated heterocycles. The highest BCUT2D eigenvalue weighted by Crippen LogP contribution is 2.32. The van der Waals surface area contributed by atoms with Crippen molar-refractivity contribution in [3.63, 3.8) is 0 Å². The number of benzene rings is 1. The Bertz CT molecular complexity index is 692. The highest BCUT2D eigenvalue weighted by atomic mass is 32.2. The molecule has 1 aromatic rings. The van der Waals surface area contributed by atoms with Gasteiger partial charge in [0.15, 0.2) is 0 Å². The first-order chi connectivity index (χ1) is 11.3. The zero-order valence-corrected chi connectivity index (χ0v) is 14.0. The third kappa shape index (κ3) is 4.78. The number of carboxylic acids is 2. The third-order valence-electron chi connectivity index (χ3n) is 4.24. The first kappa shape index (κ1) is 18.4. The molecular formula is C16H21NO6S. The van der Waals surface area contributed by atoms with Crippen LogP contribution >= 0.6 is 0 Å². The van der Waals surface area contributed by atoms with Crippen molar-refractivity contribution in [3.05, 3.63) is 29.8 Å². The molecule has 0 spiro atoms. The summed E-state index contributed by atoms with van der Waals surface area (Å²) in [7, 11) is -4.09. The molecule has 0 bridgehead atoms. The van der Waals surface area contributed by atoms with Crippen molar-refractivity contribution >= 4 is 22.0 Å². The van der Waals surface area contributed by atoms with Gasteiger partial charge in [0.25, 0.3) is 0 Å². The van der Waals surface area contributed by atoms with Crippen LogP contribution in [0.25, 0.3) is 0 Å². The number of rotatable bonds is 7. The van der Waals surface area contributed by atoms with E-state index in [1.807, 2.05) is 4.72 Å². The lowest BCUT2D eigenvalue weighted by atomic mass is 9.84. The van der Waals surface area contributed by atoms with Gasteiger partial charge in [-0.15, -0.1) is 0 Å². The zero-order valence-electron chi connectivity index (χ0n) is 13.1. The first-order valence-electron chi connectivity index (χ1n) is 7.86. The van der Waals surface area contributed by atoms with E-state index in [-0.39, 0.29) is 4.90 Å². The maximum absolute atomic E-state index is 12.2. The van der Waals surface area contributed by atoms with Gasteiger partial charge in [-0.05, 0) is 36.5 Å². The second-order valence-corrected chi connectivity index (χ2v) is 7.73. The standard InChI is InChI=1S/C16H21NO6S/c18-15(19)10-14(16(20)21)17-24(22,23)13-8-6-12(7-9-13)11-4-2-1-3-5-11/h6-9,11,14,17H,1-5,10H2,(H,18,19)(H,20,21). The minimum absolute atomic E-state index is 0.0706. The summed E-state index contributed by atoms with van der Waals surface area (Å²) in [5.41, 5.74) is 1.08. The van der Waals surface area contributed by atoms with Crippen molar-refractivity contribution in [2.75, 3.05) is 0 Å². The molecule has 1 unspecified atom stereocenters. The van der Waals surface area contributed by atoms with E-state index in [1.165, 1.54) is 31.4 Å². The summed E-state index contributed by atoms with van der Waals surface area (Å²) >= 11 is 0. The largest absolute Gasteiger partial charge is 0.481 e. The topological polar surface area (TPSA) is 121 Å². The van der Waals surface area contributed by atoms with Gasteiger partial charge in [-0.2, -0.15) is 4.72 Å². The minimum atomic E-state index is -4.09. The second-order valence-electron chi connectivity index (χ2n) is 6.01. The van der Waals surface area contributed by atoms with Crippen LogP contribution in [0, 0.1) is 0 Å². The molecule has 24 heavy (non-hydrogen) atoms. The Hall–Kier alpha value is -1.93. The SMILES string of the molecule is O=C(O)CC(NS(=O)(=O)c1ccc(C2CCCCC2)cc1)C(=O)O. The quantitative estimate of drug-likeness (QED) is 0.687. The molecule has 0 amide bonds. The lowest BCUT2D eigenvalue weighted by molar-refractivity contribution is -0.145. The Labute approximate surface area is 140 Å². The number of hydrogen-bond acceptors (Lipinski definition) is 4. The smallest absolute Gasteiger partial charge is 0.322 e. The number of nitrogens with one attached hydrogen (secondary N) is 1. The highest BCUT2D eigenvalue weighted by Gasteiger charge is 2.27. The molecule has 0 heterocycles. The van der Waals surface area contributed by atoms with Crippen LogP contribution in [-0.4, -0.2) is 36.6 Å². The summed E-state index contributed by atoms with van der Waals surface area (Å²) in [5.74, 6) is -2.49. The minimum Gasteiger partial charge on any atom is -0.481 e. The van der Waals surface area contributed by atoms with Crippen LogP contribution in [-0.2, 0) is 19.6 Å². The Morgan fingerprint density at radius 1 is 1.08 bits per heavy atom. The normalized spacial score (nSPS) is 17.3. The predicted octanol–water partition coefficient (Wildman–Crippen LogP) is 1.94. The first-order valence-corrected chi connectivity index (χ1v) is 9.35. The molecule has 1 fully saturated rings. The molecule has 3 N–H and O–H groups in total. The van der Waals surface area contributed by atoms with E-state index < -0.39 is 34.4 Å². The van der Waals surface area contributed by atoms with Gasteiger partial charge < -0.3 is 10.2 Å². The summed E-state index contributed by atoms with van der Waals surface area (Å²) in [5, 5.41) is 17.6. The van der Waals surface area contributed by atoms with Gasteiger partial charge in [-0.3, -0.25) is 9.59 Å². The van der Waals surface area contributed by atoms with E-state index in [4.69, 9.17) is 10.2 Å². The molecule has 1 aliphatic rings. The lowest BCUT2D eigenvalue weighted by Gasteiger charge is -2.22. The maximum Gasteiger partial charge on any atom is 0.322 e. The van der Waals surface area contributed by atoms with Crippen molar-refractivity contribution < 1.29 is 28.2 Å². The fourth-order valence-corrected chi connectivity index (χ4v) is 4.15. The van der Waals surface area contributed by atoms with Crippen LogP contribution in [0.15, 0.2) is 29.2 Å². The fourth-order valence-electron chi connectivity index (χ4n) is 2.96. The number of sulfonamides is 1. The van der Waals surface area contributed by atoms with Crippen LogP contribution in [0.5, 0.6) is 0 Å². The molecule has 1 atom stereocenters. The molecule has 8 heteroatoms. The molecule has 7 nitrogen and oxygen atoms in total. The Morgan fingerprint density at radius 2 is 1.67 bits per heavy atom. The predicted molar refractivity (Wildman–Crippen MR) is 86.3 cm³/mol. The molecule has 2 rings (SSSR count). The number of hydrogen-bond donors (Lipinski definition) is 3. The zero-order chi connectivity index (χ0) is 17.7. The van der Waals surface area contributed by atoms with E-state index >= 15 is 0 Å². The van der Waals surface area contributed by atoms with Crippen molar-refractivity contribution in [1.82, 2.24) is 4.72 Å². The van der Waals surface area contributed by atoms with Crippen molar-refractivity contribution in [3.8, 4) is 0 Å². The van der Waals surface area contributed by atoms with Crippen LogP contribution in [0.3, 0.4) is 0 Å². The Morgan fingerprint density at radius 3 is 2.17 bits per heavy atom. The number of aliphatic carboxylic acids is 2. The maximum atomic E-state index is 12.2. The third-order valence-corrected chi connectivity index (χ3v) is 5.73. The van der Waals surface area contributed by atoms with Crippen LogP contribution < -0.4 is 4.72 Å². The van der Waals surface area contributed by atoms with E-state index in [9.17, 15) is 18.0 Å². The number of carboxylic acid groups (broad SMARTS) is 2. The van der Waals surface area contributed by atoms with E-state index in [0.717, 1.165) is 18.4 Å². The molecule has 0 aliphatic heterocycles. The highest BCUT2D eigenvalue weighted by molar-refractivity contribution is 7.89. The second kappa shape index (κ2) is 7.76. The van der Waals surface area contributed by atoms with E-state index in [1.54, 1.807) is 12.1 Å². The summed E-state index contributed by atoms with van der Waals surface area (Å²) in [4.78, 5) is 21.6. The van der Waals surface area contributed by atoms with Crippen LogP contribution in [0.2, 0.25) is 0 Å². The summed E-state index contributed by atoms with van der Waals surface area (Å²) < 4.78 is 26.4. The molecule has 1 saturated carbocycles. The monoisotopic (exact) mass is 355 g/mol. The van der Waals surface area contributed by atoms with Crippen molar-refractivity contribution in [1.29, 1.82) is 0 Å². The average Bonchev–Trinajstić information content (AvgIpc) is 2.54. The molecule has 132 valence electrons. The lowest BCUT2D eigenvalue weighted by Crippen LogP contribution is -2.42. The van der Waals surface area contributed by atoms with Crippen molar-refractivity contribution in [2.24, 2.45) is 0 Å². The van der Waals surface area contributed by atoms with Crippen LogP contribution in [0.1, 0.15) is 50.0 Å². The van der Waals surface area contributed by atoms with Gasteiger partial charge >= 0.3 is 11.9 Å². The molecular weight excluding hydrogens is 334 g/mol. The fraction of sp³-hybridized carbons (Fsp3) is 0.500. The van der Waals surface area contributed by atoms with Crippen LogP contribution in [0.4, 0.5) is 0 Å². The van der Waals surface area contributed by atoms with E-state index in [0.29, 0.717) is 5.92 Å². The van der Waals surface area contributed by atoms with Gasteiger partial charge in [0.05, 0.1) is 11.3 Å². The van der Waals surface area contributed by atoms with Gasteiger partial charge in [-0.1, -0.05) is 31.4 Å². The average molecular weight is 355 g/mol. The summed E-state index contributed by atoms with van der Waals surface area (Å²) in [6, 6.07) is 4.66. The molecule has 0 aromatic heterocycles. The van der Waals surface area contributed by atoms with Crippen molar-refractivity contribution in [2.45, 2.75) is 55.4 Å². The molecule has 1 aromatic carbocycles. The summed E-state index contributed by atoms with van der Waals surface area (Å²) in [6.45, 7) is 0. The molecule has 1 aliphatic carbocycles. The Kier molecular flexibility index (Phi) is 5.95. The summed E-state index contributed by atoms with van der Waals surface area (Å²) in [6.07, 6.45) is 4.92. The van der Waals surface area contributed by atoms with Gasteiger partial charge in [0.1, 0.15) is 6.04 Å². The van der Waals surface area contributed by atoms with Gasteiger partial charge in [0.2, 0.25) is 10.0 Å². The molecule has 0 radical (unpaired) electrons.